The van der Waals surface area contributed by atoms with Crippen LogP contribution in [0, 0.1) is 6.92 Å². The highest BCUT2D eigenvalue weighted by atomic mass is 16.2. The number of nitrogens with zero attached hydrogens (tertiary/aromatic N) is 2. The number of carbonyl (C=O) groups is 1. The molecule has 0 aliphatic heterocycles. The van der Waals surface area contributed by atoms with Crippen LogP contribution < -0.4 is 11.3 Å². The van der Waals surface area contributed by atoms with Crippen molar-refractivity contribution in [3.63, 3.8) is 0 Å². The molecule has 6 heteroatoms. The summed E-state index contributed by atoms with van der Waals surface area (Å²) in [5, 5.41) is 2.76. The Hall–Kier alpha value is -2.11. The predicted octanol–water partition coefficient (Wildman–Crippen LogP) is -0.570. The van der Waals surface area contributed by atoms with Crippen LogP contribution in [-0.2, 0) is 0 Å². The lowest BCUT2D eigenvalue weighted by Crippen LogP contribution is -2.27. The highest BCUT2D eigenvalue weighted by Gasteiger charge is 2.10. The van der Waals surface area contributed by atoms with Crippen LogP contribution in [0.1, 0.15) is 16.1 Å². The smallest absolute Gasteiger partial charge is 0.285 e. The van der Waals surface area contributed by atoms with Gasteiger partial charge in [0.1, 0.15) is 5.56 Å². The van der Waals surface area contributed by atoms with E-state index in [2.05, 4.69) is 10.1 Å². The molecule has 2 aromatic rings. The van der Waals surface area contributed by atoms with Crippen molar-refractivity contribution in [2.24, 2.45) is 5.73 Å². The number of hydrogen-bond donors (Lipinski definition) is 2. The molecule has 6 nitrogen and oxygen atoms in total. The third-order valence-electron chi connectivity index (χ3n) is 1.89. The molecule has 0 saturated carbocycles. The maximum Gasteiger partial charge on any atom is 0.285 e. The molecule has 0 aromatic carbocycles. The van der Waals surface area contributed by atoms with Crippen LogP contribution in [0.25, 0.3) is 5.65 Å². The van der Waals surface area contributed by atoms with E-state index in [0.29, 0.717) is 5.65 Å². The van der Waals surface area contributed by atoms with Gasteiger partial charge in [0, 0.05) is 18.0 Å². The maximum absolute atomic E-state index is 11.6. The van der Waals surface area contributed by atoms with E-state index in [0.717, 1.165) is 5.69 Å². The number of aromatic nitrogens is 3. The second-order valence-electron chi connectivity index (χ2n) is 2.97. The van der Waals surface area contributed by atoms with Crippen molar-refractivity contribution in [1.29, 1.82) is 0 Å². The summed E-state index contributed by atoms with van der Waals surface area (Å²) < 4.78 is 1.19. The molecule has 72 valence electrons. The van der Waals surface area contributed by atoms with Gasteiger partial charge in [-0.25, -0.2) is 9.50 Å². The summed E-state index contributed by atoms with van der Waals surface area (Å²) in [6.07, 6.45) is 1.19. The van der Waals surface area contributed by atoms with Crippen LogP contribution in [-0.4, -0.2) is 20.5 Å². The van der Waals surface area contributed by atoms with Crippen LogP contribution in [0.3, 0.4) is 0 Å². The van der Waals surface area contributed by atoms with Crippen molar-refractivity contribution < 1.29 is 4.79 Å². The molecule has 2 aromatic heterocycles. The molecule has 14 heavy (non-hydrogen) atoms. The third kappa shape index (κ3) is 1.08. The zero-order chi connectivity index (χ0) is 10.3. The minimum absolute atomic E-state index is 0.121. The Balaban J connectivity index is 2.88. The van der Waals surface area contributed by atoms with Crippen molar-refractivity contribution >= 4 is 11.6 Å². The monoisotopic (exact) mass is 192 g/mol. The fourth-order valence-corrected chi connectivity index (χ4v) is 1.25. The number of nitrogens with one attached hydrogen (secondary N) is 1. The van der Waals surface area contributed by atoms with Crippen molar-refractivity contribution in [1.82, 2.24) is 14.6 Å². The van der Waals surface area contributed by atoms with E-state index >= 15 is 0 Å². The fourth-order valence-electron chi connectivity index (χ4n) is 1.25. The van der Waals surface area contributed by atoms with Crippen molar-refractivity contribution in [2.45, 2.75) is 6.92 Å². The number of aryl methyl sites for hydroxylation is 1. The number of hydrogen-bond acceptors (Lipinski definition) is 3. The molecule has 0 radical (unpaired) electrons. The zero-order valence-electron chi connectivity index (χ0n) is 7.44. The Morgan fingerprint density at radius 2 is 2.36 bits per heavy atom. The van der Waals surface area contributed by atoms with Gasteiger partial charge < -0.3 is 5.73 Å². The minimum Gasteiger partial charge on any atom is -0.365 e. The average Bonchev–Trinajstić information content (AvgIpc) is 2.46. The quantitative estimate of drug-likeness (QED) is 0.633. The zero-order valence-corrected chi connectivity index (χ0v) is 7.44. The number of primary amides is 1. The molecule has 2 rings (SSSR count). The number of rotatable bonds is 1. The summed E-state index contributed by atoms with van der Waals surface area (Å²) in [7, 11) is 0. The predicted molar refractivity (Wildman–Crippen MR) is 49.1 cm³/mol. The molecule has 0 unspecified atom stereocenters. The van der Waals surface area contributed by atoms with E-state index in [1.54, 1.807) is 13.0 Å². The minimum atomic E-state index is -0.774. The molecular formula is C8H8N4O2. The van der Waals surface area contributed by atoms with Crippen molar-refractivity contribution in [3.8, 4) is 0 Å². The normalized spacial score (nSPS) is 10.6. The van der Waals surface area contributed by atoms with E-state index in [1.165, 1.54) is 10.7 Å². The summed E-state index contributed by atoms with van der Waals surface area (Å²) >= 11 is 0. The number of nitrogens with two attached hydrogens (primary N) is 1. The Morgan fingerprint density at radius 1 is 1.64 bits per heavy atom. The number of carbonyl (C=O) groups excluding carboxylic acids is 1. The maximum atomic E-state index is 11.6. The Kier molecular flexibility index (Phi) is 1.63. The third-order valence-corrected chi connectivity index (χ3v) is 1.89. The molecule has 0 aliphatic carbocycles. The van der Waals surface area contributed by atoms with Crippen LogP contribution in [0.2, 0.25) is 0 Å². The number of amides is 1. The van der Waals surface area contributed by atoms with E-state index in [4.69, 9.17) is 5.73 Å². The molecule has 2 heterocycles. The molecule has 0 aliphatic rings. The van der Waals surface area contributed by atoms with Gasteiger partial charge in [0.25, 0.3) is 11.5 Å². The Morgan fingerprint density at radius 3 is 3.00 bits per heavy atom. The van der Waals surface area contributed by atoms with Gasteiger partial charge in [0.15, 0.2) is 5.65 Å². The molecule has 0 atom stereocenters. The van der Waals surface area contributed by atoms with Crippen molar-refractivity contribution in [3.05, 3.63) is 33.9 Å². The molecule has 0 bridgehead atoms. The molecule has 0 fully saturated rings. The second-order valence-corrected chi connectivity index (χ2v) is 2.97. The SMILES string of the molecule is Cc1cc2ncc(C(N)=O)c(=O)n2[nH]1. The van der Waals surface area contributed by atoms with Crippen LogP contribution in [0.5, 0.6) is 0 Å². The highest BCUT2D eigenvalue weighted by Crippen LogP contribution is 1.99. The first kappa shape index (κ1) is 8.49. The van der Waals surface area contributed by atoms with Gasteiger partial charge in [-0.05, 0) is 6.92 Å². The second kappa shape index (κ2) is 2.69. The largest absolute Gasteiger partial charge is 0.365 e. The summed E-state index contributed by atoms with van der Waals surface area (Å²) in [6.45, 7) is 1.79. The summed E-state index contributed by atoms with van der Waals surface area (Å²) in [6, 6.07) is 1.70. The van der Waals surface area contributed by atoms with Crippen molar-refractivity contribution in [2.75, 3.05) is 0 Å². The lowest BCUT2D eigenvalue weighted by atomic mass is 10.3. The van der Waals surface area contributed by atoms with Gasteiger partial charge in [0.2, 0.25) is 0 Å². The Labute approximate surface area is 78.4 Å². The summed E-state index contributed by atoms with van der Waals surface area (Å²) in [5.41, 5.74) is 5.67. The van der Waals surface area contributed by atoms with Gasteiger partial charge >= 0.3 is 0 Å². The molecular weight excluding hydrogens is 184 g/mol. The lowest BCUT2D eigenvalue weighted by Gasteiger charge is -1.95. The first-order valence-corrected chi connectivity index (χ1v) is 3.97. The number of H-pyrrole nitrogens is 1. The molecule has 0 saturated heterocycles. The van der Waals surface area contributed by atoms with Crippen LogP contribution >= 0.6 is 0 Å². The molecule has 3 N–H and O–H groups in total. The van der Waals surface area contributed by atoms with E-state index in [1.807, 2.05) is 0 Å². The molecule has 0 spiro atoms. The van der Waals surface area contributed by atoms with Crippen LogP contribution in [0.15, 0.2) is 17.1 Å². The standard InChI is InChI=1S/C8H8N4O2/c1-4-2-6-10-3-5(7(9)13)8(14)12(6)11-4/h2-3,11H,1H3,(H2,9,13). The molecule has 1 amide bonds. The van der Waals surface area contributed by atoms with Gasteiger partial charge in [-0.15, -0.1) is 0 Å². The van der Waals surface area contributed by atoms with Gasteiger partial charge in [-0.2, -0.15) is 0 Å². The van der Waals surface area contributed by atoms with Crippen LogP contribution in [0.4, 0.5) is 0 Å². The highest BCUT2D eigenvalue weighted by molar-refractivity contribution is 5.92. The van der Waals surface area contributed by atoms with Gasteiger partial charge in [-0.1, -0.05) is 0 Å². The number of aromatic amines is 1. The number of fused-ring (bicyclic) bond motifs is 1. The Bertz CT molecular complexity index is 566. The van der Waals surface area contributed by atoms with E-state index in [-0.39, 0.29) is 5.56 Å². The van der Waals surface area contributed by atoms with E-state index in [9.17, 15) is 9.59 Å². The van der Waals surface area contributed by atoms with E-state index < -0.39 is 11.5 Å². The summed E-state index contributed by atoms with van der Waals surface area (Å²) in [4.78, 5) is 26.3. The lowest BCUT2D eigenvalue weighted by molar-refractivity contribution is 0.0998. The average molecular weight is 192 g/mol. The van der Waals surface area contributed by atoms with Gasteiger partial charge in [-0.3, -0.25) is 14.7 Å². The summed E-state index contributed by atoms with van der Waals surface area (Å²) in [5.74, 6) is -0.774. The fraction of sp³-hybridized carbons (Fsp3) is 0.125. The topological polar surface area (TPSA) is 93.2 Å². The first-order chi connectivity index (χ1) is 6.59. The van der Waals surface area contributed by atoms with Gasteiger partial charge in [0.05, 0.1) is 0 Å². The first-order valence-electron chi connectivity index (χ1n) is 3.97.